The number of rotatable bonds is 18. The minimum absolute atomic E-state index is 0.707. The molecule has 2 nitrogen and oxygen atoms in total. The zero-order chi connectivity index (χ0) is 16.3. The van der Waals surface area contributed by atoms with Crippen LogP contribution >= 0.6 is 19.0 Å². The molecule has 0 radical (unpaired) electrons. The van der Waals surface area contributed by atoms with Crippen LogP contribution in [-0.2, 0) is 9.05 Å². The topological polar surface area (TPSA) is 18.5 Å². The van der Waals surface area contributed by atoms with Crippen LogP contribution in [0.15, 0.2) is 0 Å². The summed E-state index contributed by atoms with van der Waals surface area (Å²) >= 11 is 1.92. The minimum atomic E-state index is -0.707. The van der Waals surface area contributed by atoms with Gasteiger partial charge in [0.25, 0.3) is 0 Å². The molecule has 0 unspecified atom stereocenters. The van der Waals surface area contributed by atoms with Crippen molar-refractivity contribution in [1.29, 1.82) is 0 Å². The van der Waals surface area contributed by atoms with Crippen molar-refractivity contribution < 1.29 is 9.05 Å². The first-order chi connectivity index (χ1) is 10.8. The molecular weight excluding hydrogens is 311 g/mol. The molecule has 22 heavy (non-hydrogen) atoms. The molecule has 134 valence electrons. The van der Waals surface area contributed by atoms with Crippen molar-refractivity contribution in [2.45, 2.75) is 97.8 Å². The molecule has 0 rings (SSSR count). The first kappa shape index (κ1) is 22.7. The van der Waals surface area contributed by atoms with Crippen molar-refractivity contribution in [1.82, 2.24) is 0 Å². The number of hydrogen-bond acceptors (Lipinski definition) is 3. The molecule has 0 aromatic rings. The van der Waals surface area contributed by atoms with E-state index < -0.39 is 7.58 Å². The average molecular weight is 351 g/mol. The summed E-state index contributed by atoms with van der Waals surface area (Å²) in [6, 6.07) is 0. The lowest BCUT2D eigenvalue weighted by Gasteiger charge is -2.16. The second-order valence-corrected chi connectivity index (χ2v) is 9.20. The fraction of sp³-hybridized carbons (Fsp3) is 1.00. The highest BCUT2D eigenvalue weighted by Gasteiger charge is 2.11. The first-order valence-corrected chi connectivity index (χ1v) is 12.3. The maximum absolute atomic E-state index is 6.01. The third-order valence-corrected chi connectivity index (χ3v) is 6.87. The van der Waals surface area contributed by atoms with E-state index in [-0.39, 0.29) is 0 Å². The van der Waals surface area contributed by atoms with E-state index in [2.05, 4.69) is 20.8 Å². The molecule has 0 aliphatic rings. The van der Waals surface area contributed by atoms with Gasteiger partial charge in [0, 0.05) is 5.75 Å². The van der Waals surface area contributed by atoms with Crippen LogP contribution in [0.5, 0.6) is 0 Å². The van der Waals surface area contributed by atoms with Gasteiger partial charge in [-0.3, -0.25) is 0 Å². The summed E-state index contributed by atoms with van der Waals surface area (Å²) in [6.07, 6.45) is 15.5. The van der Waals surface area contributed by atoms with Gasteiger partial charge in [-0.1, -0.05) is 89.9 Å². The van der Waals surface area contributed by atoms with Gasteiger partial charge in [0.15, 0.2) is 0 Å². The maximum atomic E-state index is 6.01. The van der Waals surface area contributed by atoms with E-state index in [4.69, 9.17) is 9.05 Å². The SMILES string of the molecule is CCCCCCOP(OCCCCCC)SCCCCCC. The second kappa shape index (κ2) is 19.7. The summed E-state index contributed by atoms with van der Waals surface area (Å²) < 4.78 is 12.0. The monoisotopic (exact) mass is 350 g/mol. The average Bonchev–Trinajstić information content (AvgIpc) is 2.53. The lowest BCUT2D eigenvalue weighted by molar-refractivity contribution is 0.252. The molecule has 4 heteroatoms. The molecular formula is C18H39O2PS. The third-order valence-electron chi connectivity index (χ3n) is 3.58. The van der Waals surface area contributed by atoms with Crippen molar-refractivity contribution in [2.24, 2.45) is 0 Å². The van der Waals surface area contributed by atoms with Crippen LogP contribution in [0.25, 0.3) is 0 Å². The van der Waals surface area contributed by atoms with Gasteiger partial charge in [-0.2, -0.15) is 0 Å². The van der Waals surface area contributed by atoms with E-state index in [0.717, 1.165) is 13.2 Å². The Morgan fingerprint density at radius 2 is 1.05 bits per heavy atom. The molecule has 0 aromatic heterocycles. The molecule has 0 atom stereocenters. The summed E-state index contributed by atoms with van der Waals surface area (Å²) in [5.74, 6) is 1.19. The summed E-state index contributed by atoms with van der Waals surface area (Å²) in [5, 5.41) is 0. The molecule has 0 amide bonds. The van der Waals surface area contributed by atoms with Crippen LogP contribution in [0.2, 0.25) is 0 Å². The molecule has 0 aromatic carbocycles. The molecule has 0 aliphatic carbocycles. The Bertz CT molecular complexity index is 172. The van der Waals surface area contributed by atoms with Crippen LogP contribution in [0, 0.1) is 0 Å². The molecule has 0 fully saturated rings. The second-order valence-electron chi connectivity index (χ2n) is 5.91. The molecule has 0 saturated carbocycles. The Balaban J connectivity index is 3.72. The van der Waals surface area contributed by atoms with E-state index in [9.17, 15) is 0 Å². The standard InChI is InChI=1S/C18H39O2PS/c1-4-7-10-13-16-19-21(20-17-14-11-8-5-2)22-18-15-12-9-6-3/h4-18H2,1-3H3. The van der Waals surface area contributed by atoms with Crippen LogP contribution in [-0.4, -0.2) is 19.0 Å². The third kappa shape index (κ3) is 17.1. The maximum Gasteiger partial charge on any atom is 0.238 e. The molecule has 0 saturated heterocycles. The predicted molar refractivity (Wildman–Crippen MR) is 104 cm³/mol. The lowest BCUT2D eigenvalue weighted by atomic mass is 10.2. The molecule has 0 heterocycles. The Hall–Kier alpha value is 0.700. The zero-order valence-corrected chi connectivity index (χ0v) is 17.0. The van der Waals surface area contributed by atoms with E-state index in [1.54, 1.807) is 0 Å². The zero-order valence-electron chi connectivity index (χ0n) is 15.3. The molecule has 0 aliphatic heterocycles. The highest BCUT2D eigenvalue weighted by Crippen LogP contribution is 2.52. The smallest absolute Gasteiger partial charge is 0.238 e. The van der Waals surface area contributed by atoms with Crippen molar-refractivity contribution in [3.63, 3.8) is 0 Å². The van der Waals surface area contributed by atoms with Gasteiger partial charge in [-0.05, 0) is 19.3 Å². The normalized spacial score (nSPS) is 11.5. The van der Waals surface area contributed by atoms with Crippen molar-refractivity contribution in [3.8, 4) is 0 Å². The first-order valence-electron chi connectivity index (χ1n) is 9.54. The van der Waals surface area contributed by atoms with Crippen LogP contribution < -0.4 is 0 Å². The van der Waals surface area contributed by atoms with Crippen LogP contribution in [0.1, 0.15) is 97.8 Å². The fourth-order valence-corrected chi connectivity index (χ4v) is 5.11. The fourth-order valence-electron chi connectivity index (χ4n) is 2.12. The van der Waals surface area contributed by atoms with Crippen molar-refractivity contribution >= 4 is 19.0 Å². The van der Waals surface area contributed by atoms with E-state index in [1.807, 2.05) is 11.4 Å². The van der Waals surface area contributed by atoms with Crippen molar-refractivity contribution in [2.75, 3.05) is 19.0 Å². The number of unbranched alkanes of at least 4 members (excludes halogenated alkanes) is 9. The van der Waals surface area contributed by atoms with Gasteiger partial charge >= 0.3 is 0 Å². The summed E-state index contributed by atoms with van der Waals surface area (Å²) in [6.45, 7) is 8.52. The summed E-state index contributed by atoms with van der Waals surface area (Å²) in [7, 11) is -0.707. The Morgan fingerprint density at radius 3 is 1.50 bits per heavy atom. The molecule has 0 spiro atoms. The van der Waals surface area contributed by atoms with Gasteiger partial charge in [0.05, 0.1) is 13.2 Å². The highest BCUT2D eigenvalue weighted by molar-refractivity contribution is 8.52. The Kier molecular flexibility index (Phi) is 20.4. The van der Waals surface area contributed by atoms with Gasteiger partial charge < -0.3 is 9.05 Å². The molecule has 0 N–H and O–H groups in total. The van der Waals surface area contributed by atoms with Gasteiger partial charge in [0.1, 0.15) is 0 Å². The van der Waals surface area contributed by atoms with Gasteiger partial charge in [-0.25, -0.2) is 0 Å². The molecule has 0 bridgehead atoms. The minimum Gasteiger partial charge on any atom is -0.326 e. The number of hydrogen-bond donors (Lipinski definition) is 0. The quantitative estimate of drug-likeness (QED) is 0.186. The van der Waals surface area contributed by atoms with E-state index >= 15 is 0 Å². The highest BCUT2D eigenvalue weighted by atomic mass is 32.7. The largest absolute Gasteiger partial charge is 0.326 e. The van der Waals surface area contributed by atoms with Crippen LogP contribution in [0.3, 0.4) is 0 Å². The lowest BCUT2D eigenvalue weighted by Crippen LogP contribution is -1.95. The van der Waals surface area contributed by atoms with Crippen molar-refractivity contribution in [3.05, 3.63) is 0 Å². The van der Waals surface area contributed by atoms with Gasteiger partial charge in [0.2, 0.25) is 7.58 Å². The summed E-state index contributed by atoms with van der Waals surface area (Å²) in [5.41, 5.74) is 0. The van der Waals surface area contributed by atoms with Crippen LogP contribution in [0.4, 0.5) is 0 Å². The predicted octanol–water partition coefficient (Wildman–Crippen LogP) is 7.72. The Morgan fingerprint density at radius 1 is 0.591 bits per heavy atom. The van der Waals surface area contributed by atoms with E-state index in [1.165, 1.54) is 82.8 Å². The summed E-state index contributed by atoms with van der Waals surface area (Å²) in [4.78, 5) is 0. The van der Waals surface area contributed by atoms with Gasteiger partial charge in [-0.15, -0.1) is 0 Å². The Labute approximate surface area is 145 Å². The van der Waals surface area contributed by atoms with E-state index in [0.29, 0.717) is 0 Å².